The number of nitrogens with one attached hydrogen (secondary N) is 1. The summed E-state index contributed by atoms with van der Waals surface area (Å²) in [6, 6.07) is 6.05. The van der Waals surface area contributed by atoms with Crippen LogP contribution >= 0.6 is 0 Å². The number of rotatable bonds is 11. The van der Waals surface area contributed by atoms with E-state index < -0.39 is 0 Å². The molecule has 1 amide bonds. The van der Waals surface area contributed by atoms with Gasteiger partial charge in [0, 0.05) is 31.3 Å². The number of ether oxygens (including phenoxy) is 3. The number of aromatic nitrogens is 1. The first-order valence-corrected chi connectivity index (χ1v) is 10.8. The van der Waals surface area contributed by atoms with Gasteiger partial charge in [-0.25, -0.2) is 4.98 Å². The van der Waals surface area contributed by atoms with Gasteiger partial charge in [-0.1, -0.05) is 6.92 Å². The minimum Gasteiger partial charge on any atom is -0.497 e. The number of carbonyl (C=O) groups is 1. The molecule has 0 saturated carbocycles. The van der Waals surface area contributed by atoms with E-state index in [0.29, 0.717) is 25.5 Å². The van der Waals surface area contributed by atoms with Crippen molar-refractivity contribution < 1.29 is 23.4 Å². The SMILES string of the molecule is CCC(C)N(Cc1nc(C(=O)NCC2CCCO2)co1)Cc1cc(OC)ccc1OC. The van der Waals surface area contributed by atoms with Gasteiger partial charge >= 0.3 is 0 Å². The number of hydrogen-bond donors (Lipinski definition) is 1. The van der Waals surface area contributed by atoms with Crippen molar-refractivity contribution in [3.05, 3.63) is 41.6 Å². The van der Waals surface area contributed by atoms with Crippen LogP contribution in [0.2, 0.25) is 0 Å². The third-order valence-electron chi connectivity index (χ3n) is 5.71. The molecule has 31 heavy (non-hydrogen) atoms. The summed E-state index contributed by atoms with van der Waals surface area (Å²) in [5.74, 6) is 1.84. The molecular formula is C23H33N3O5. The van der Waals surface area contributed by atoms with Crippen molar-refractivity contribution in [2.75, 3.05) is 27.4 Å². The third-order valence-corrected chi connectivity index (χ3v) is 5.71. The lowest BCUT2D eigenvalue weighted by Gasteiger charge is -2.28. The number of amides is 1. The van der Waals surface area contributed by atoms with Crippen LogP contribution in [0.4, 0.5) is 0 Å². The summed E-state index contributed by atoms with van der Waals surface area (Å²) in [4.78, 5) is 19.1. The van der Waals surface area contributed by atoms with Gasteiger partial charge in [-0.3, -0.25) is 9.69 Å². The van der Waals surface area contributed by atoms with Crippen LogP contribution in [0.15, 0.2) is 28.9 Å². The molecule has 2 heterocycles. The van der Waals surface area contributed by atoms with Gasteiger partial charge in [-0.2, -0.15) is 0 Å². The van der Waals surface area contributed by atoms with Gasteiger partial charge in [0.25, 0.3) is 5.91 Å². The molecular weight excluding hydrogens is 398 g/mol. The van der Waals surface area contributed by atoms with Gasteiger partial charge in [-0.15, -0.1) is 0 Å². The summed E-state index contributed by atoms with van der Waals surface area (Å²) in [7, 11) is 3.31. The lowest BCUT2D eigenvalue weighted by atomic mass is 10.1. The molecule has 3 rings (SSSR count). The Morgan fingerprint density at radius 3 is 2.84 bits per heavy atom. The summed E-state index contributed by atoms with van der Waals surface area (Å²) >= 11 is 0. The zero-order valence-electron chi connectivity index (χ0n) is 18.8. The Hall–Kier alpha value is -2.58. The summed E-state index contributed by atoms with van der Waals surface area (Å²) in [6.07, 6.45) is 4.48. The molecule has 0 bridgehead atoms. The van der Waals surface area contributed by atoms with E-state index in [1.54, 1.807) is 14.2 Å². The Balaban J connectivity index is 1.67. The van der Waals surface area contributed by atoms with Gasteiger partial charge in [0.2, 0.25) is 5.89 Å². The average molecular weight is 432 g/mol. The van der Waals surface area contributed by atoms with E-state index in [-0.39, 0.29) is 23.7 Å². The number of benzene rings is 1. The van der Waals surface area contributed by atoms with Crippen molar-refractivity contribution in [1.82, 2.24) is 15.2 Å². The Morgan fingerprint density at radius 1 is 1.32 bits per heavy atom. The molecule has 1 aliphatic rings. The normalized spacial score (nSPS) is 17.0. The molecule has 1 aromatic carbocycles. The lowest BCUT2D eigenvalue weighted by molar-refractivity contribution is 0.0853. The van der Waals surface area contributed by atoms with Crippen molar-refractivity contribution in [2.24, 2.45) is 0 Å². The molecule has 170 valence electrons. The van der Waals surface area contributed by atoms with Crippen LogP contribution in [-0.4, -0.2) is 55.3 Å². The van der Waals surface area contributed by atoms with Crippen LogP contribution in [0.1, 0.15) is 55.1 Å². The fourth-order valence-electron chi connectivity index (χ4n) is 3.61. The van der Waals surface area contributed by atoms with Gasteiger partial charge in [-0.05, 0) is 44.4 Å². The lowest BCUT2D eigenvalue weighted by Crippen LogP contribution is -2.33. The van der Waals surface area contributed by atoms with Crippen molar-refractivity contribution >= 4 is 5.91 Å². The van der Waals surface area contributed by atoms with E-state index in [0.717, 1.165) is 42.9 Å². The van der Waals surface area contributed by atoms with E-state index in [1.165, 1.54) is 6.26 Å². The highest BCUT2D eigenvalue weighted by Crippen LogP contribution is 2.27. The van der Waals surface area contributed by atoms with E-state index >= 15 is 0 Å². The van der Waals surface area contributed by atoms with E-state index in [1.807, 2.05) is 18.2 Å². The van der Waals surface area contributed by atoms with Crippen LogP contribution in [0, 0.1) is 0 Å². The largest absolute Gasteiger partial charge is 0.497 e. The molecule has 1 aromatic heterocycles. The van der Waals surface area contributed by atoms with E-state index in [9.17, 15) is 4.79 Å². The van der Waals surface area contributed by atoms with Crippen LogP contribution < -0.4 is 14.8 Å². The smallest absolute Gasteiger partial charge is 0.273 e. The molecule has 1 saturated heterocycles. The quantitative estimate of drug-likeness (QED) is 0.583. The highest BCUT2D eigenvalue weighted by Gasteiger charge is 2.21. The van der Waals surface area contributed by atoms with Crippen molar-refractivity contribution in [1.29, 1.82) is 0 Å². The molecule has 1 aliphatic heterocycles. The topological polar surface area (TPSA) is 86.1 Å². The summed E-state index contributed by atoms with van der Waals surface area (Å²) < 4.78 is 22.1. The maximum absolute atomic E-state index is 12.4. The van der Waals surface area contributed by atoms with Crippen molar-refractivity contribution in [3.63, 3.8) is 0 Å². The van der Waals surface area contributed by atoms with Gasteiger partial charge in [0.15, 0.2) is 5.69 Å². The second-order valence-electron chi connectivity index (χ2n) is 7.81. The first kappa shape index (κ1) is 23.1. The molecule has 0 radical (unpaired) electrons. The van der Waals surface area contributed by atoms with Crippen LogP contribution in [0.3, 0.4) is 0 Å². The molecule has 8 heteroatoms. The molecule has 1 N–H and O–H groups in total. The first-order chi connectivity index (χ1) is 15.0. The minimum atomic E-state index is -0.241. The molecule has 2 atom stereocenters. The molecule has 2 unspecified atom stereocenters. The van der Waals surface area contributed by atoms with Gasteiger partial charge in [0.1, 0.15) is 17.8 Å². The molecule has 0 aliphatic carbocycles. The highest BCUT2D eigenvalue weighted by molar-refractivity contribution is 5.91. The second kappa shape index (κ2) is 11.2. The Morgan fingerprint density at radius 2 is 2.16 bits per heavy atom. The molecule has 1 fully saturated rings. The van der Waals surface area contributed by atoms with Gasteiger partial charge < -0.3 is 23.9 Å². The number of hydrogen-bond acceptors (Lipinski definition) is 7. The predicted molar refractivity (Wildman–Crippen MR) is 116 cm³/mol. The monoisotopic (exact) mass is 431 g/mol. The number of carbonyl (C=O) groups excluding carboxylic acids is 1. The minimum absolute atomic E-state index is 0.0917. The van der Waals surface area contributed by atoms with Crippen LogP contribution in [-0.2, 0) is 17.8 Å². The van der Waals surface area contributed by atoms with Crippen molar-refractivity contribution in [3.8, 4) is 11.5 Å². The average Bonchev–Trinajstić information content (AvgIpc) is 3.48. The molecule has 0 spiro atoms. The number of methoxy groups -OCH3 is 2. The van der Waals surface area contributed by atoms with Crippen LogP contribution in [0.5, 0.6) is 11.5 Å². The maximum atomic E-state index is 12.4. The highest BCUT2D eigenvalue weighted by atomic mass is 16.5. The summed E-state index contributed by atoms with van der Waals surface area (Å²) in [5.41, 5.74) is 1.30. The first-order valence-electron chi connectivity index (χ1n) is 10.8. The maximum Gasteiger partial charge on any atom is 0.273 e. The van der Waals surface area contributed by atoms with Crippen molar-refractivity contribution in [2.45, 2.75) is 58.3 Å². The standard InChI is InChI=1S/C23H33N3O5/c1-5-16(2)26(13-17-11-18(28-3)8-9-21(17)29-4)14-22-25-20(15-31-22)23(27)24-12-19-7-6-10-30-19/h8-9,11,15-16,19H,5-7,10,12-14H2,1-4H3,(H,24,27). The summed E-state index contributed by atoms with van der Waals surface area (Å²) in [5, 5.41) is 2.88. The van der Waals surface area contributed by atoms with Gasteiger partial charge in [0.05, 0.1) is 26.9 Å². The van der Waals surface area contributed by atoms with Crippen LogP contribution in [0.25, 0.3) is 0 Å². The fraction of sp³-hybridized carbons (Fsp3) is 0.565. The number of nitrogens with zero attached hydrogens (tertiary/aromatic N) is 2. The van der Waals surface area contributed by atoms with E-state index in [2.05, 4.69) is 29.0 Å². The van der Waals surface area contributed by atoms with E-state index in [4.69, 9.17) is 18.6 Å². The Kier molecular flexibility index (Phi) is 8.31. The number of oxazole rings is 1. The summed E-state index contributed by atoms with van der Waals surface area (Å²) in [6.45, 7) is 6.67. The molecule has 8 nitrogen and oxygen atoms in total. The zero-order valence-corrected chi connectivity index (χ0v) is 18.8. The fourth-order valence-corrected chi connectivity index (χ4v) is 3.61. The predicted octanol–water partition coefficient (Wildman–Crippen LogP) is 3.40. The zero-order chi connectivity index (χ0) is 22.2. The third kappa shape index (κ3) is 6.21. The Labute approximate surface area is 183 Å². The molecule has 2 aromatic rings. The second-order valence-corrected chi connectivity index (χ2v) is 7.81. The Bertz CT molecular complexity index is 847.